The van der Waals surface area contributed by atoms with Crippen LogP contribution in [0.4, 0.5) is 4.39 Å². The topological polar surface area (TPSA) is 238 Å². The van der Waals surface area contributed by atoms with Gasteiger partial charge in [-0.2, -0.15) is 0 Å². The van der Waals surface area contributed by atoms with Crippen LogP contribution in [0.1, 0.15) is 91.6 Å². The molecule has 0 aromatic heterocycles. The van der Waals surface area contributed by atoms with Crippen LogP contribution in [0, 0.1) is 26.6 Å². The van der Waals surface area contributed by atoms with E-state index in [2.05, 4.69) is 240 Å². The van der Waals surface area contributed by atoms with Crippen LogP contribution in [-0.4, -0.2) is 165 Å². The average Bonchev–Trinajstić information content (AvgIpc) is 0.810. The van der Waals surface area contributed by atoms with Crippen molar-refractivity contribution in [1.29, 1.82) is 0 Å². The van der Waals surface area contributed by atoms with Gasteiger partial charge in [-0.15, -0.1) is 0 Å². The minimum Gasteiger partial charge on any atom is -0.497 e. The molecule has 0 heterocycles. The highest BCUT2D eigenvalue weighted by molar-refractivity contribution is 7.57. The summed E-state index contributed by atoms with van der Waals surface area (Å²) in [5.74, 6) is 8.65. The van der Waals surface area contributed by atoms with Crippen LogP contribution in [-0.2, 0) is 67.7 Å². The quantitative estimate of drug-likeness (QED) is 0.0153. The summed E-state index contributed by atoms with van der Waals surface area (Å²) in [6.07, 6.45) is 0. The second kappa shape index (κ2) is 65.6. The lowest BCUT2D eigenvalue weighted by Crippen LogP contribution is -2.36. The zero-order chi connectivity index (χ0) is 103. The molecule has 24 nitrogen and oxygen atoms in total. The van der Waals surface area contributed by atoms with Gasteiger partial charge in [0.05, 0.1) is 42.7 Å². The van der Waals surface area contributed by atoms with Crippen molar-refractivity contribution in [3.8, 4) is 69.0 Å². The predicted molar refractivity (Wildman–Crippen MR) is 596 cm³/mol. The molecule has 0 saturated heterocycles. The first-order valence-electron chi connectivity index (χ1n) is 46.3. The first-order valence-corrected chi connectivity index (χ1v) is 52.3. The summed E-state index contributed by atoms with van der Waals surface area (Å²) in [5, 5.41) is 34.1. The summed E-state index contributed by atoms with van der Waals surface area (Å²) in [5.41, 5.74) is 11.4. The summed E-state index contributed by atoms with van der Waals surface area (Å²) in [7, 11) is 29.9. The highest BCUT2D eigenvalue weighted by atomic mass is 31.1. The molecule has 6 atom stereocenters. The number of methoxy groups -OCH3 is 12. The molecule has 0 bridgehead atoms. The van der Waals surface area contributed by atoms with Crippen molar-refractivity contribution < 1.29 is 89.7 Å². The van der Waals surface area contributed by atoms with Gasteiger partial charge < -0.3 is 117 Å². The molecule has 0 radical (unpaired) electrons. The highest BCUT2D eigenvalue weighted by Crippen LogP contribution is 2.38. The molecular formula is C111H149FN6O18P6. The minimum atomic E-state index is -0.252. The molecule has 0 aliphatic heterocycles. The van der Waals surface area contributed by atoms with Crippen LogP contribution in [0.2, 0.25) is 0 Å². The Morgan fingerprint density at radius 3 is 1.06 bits per heavy atom. The van der Waals surface area contributed by atoms with Crippen molar-refractivity contribution in [2.75, 3.05) is 154 Å². The average molecular weight is 2060 g/mol. The van der Waals surface area contributed by atoms with Crippen LogP contribution in [0.15, 0.2) is 231 Å². The lowest BCUT2D eigenvalue weighted by atomic mass is 10.1. The van der Waals surface area contributed by atoms with E-state index in [1.807, 2.05) is 88.9 Å². The zero-order valence-electron chi connectivity index (χ0n) is 87.2. The third kappa shape index (κ3) is 40.7. The molecule has 12 aromatic rings. The smallest absolute Gasteiger partial charge is 0.188 e. The fraction of sp³-hybridized carbons (Fsp3) is 0.351. The van der Waals surface area contributed by atoms with Gasteiger partial charge in [0.2, 0.25) is 0 Å². The minimum absolute atomic E-state index is 0.103. The van der Waals surface area contributed by atoms with Crippen LogP contribution in [0.3, 0.4) is 0 Å². The number of ether oxygens (including phenoxy) is 18. The predicted octanol–water partition coefficient (Wildman–Crippen LogP) is 15.6. The molecule has 0 amide bonds. The van der Waals surface area contributed by atoms with Crippen LogP contribution >= 0.6 is 51.5 Å². The van der Waals surface area contributed by atoms with E-state index in [-0.39, 0.29) is 66.2 Å². The SMILES string of the molecule is CNCc1cc(C)ccc1Pc1cc(OC)ccc1OCOC.CNCc1cc(F)ccc1Pc1cc(OC)cc(OC)c1OCOC.CNCc1cccc(C)c1Pc1cccc(OC)c1OCOC.CNCc1ccccc1Pc1cc(OC)cc(OC)c1OCOC.COCOc1c(C)cccc1Pc1ccccc1CNC(C)(C)C.COCOc1ccccc1Pc1ccccc1CNC(C)(C)C. The van der Waals surface area contributed by atoms with Gasteiger partial charge in [0.15, 0.2) is 75.3 Å². The van der Waals surface area contributed by atoms with E-state index >= 15 is 0 Å². The maximum absolute atomic E-state index is 13.6. The van der Waals surface area contributed by atoms with Crippen LogP contribution in [0.5, 0.6) is 69.0 Å². The molecule has 768 valence electrons. The lowest BCUT2D eigenvalue weighted by Gasteiger charge is -2.22. The fourth-order valence-corrected chi connectivity index (χ4v) is 21.8. The number of benzene rings is 12. The Balaban J connectivity index is 0.000000231. The summed E-state index contributed by atoms with van der Waals surface area (Å²) in [6, 6.07) is 77.2. The van der Waals surface area contributed by atoms with Gasteiger partial charge in [-0.25, -0.2) is 4.39 Å². The monoisotopic (exact) mass is 2060 g/mol. The molecule has 0 aliphatic rings. The maximum Gasteiger partial charge on any atom is 0.188 e. The van der Waals surface area contributed by atoms with Crippen molar-refractivity contribution in [3.05, 3.63) is 286 Å². The summed E-state index contributed by atoms with van der Waals surface area (Å²) in [4.78, 5) is 0. The molecule has 12 aromatic carbocycles. The van der Waals surface area contributed by atoms with Gasteiger partial charge in [-0.05, 0) is 221 Å². The number of nitrogens with one attached hydrogen (secondary N) is 6. The Labute approximate surface area is 853 Å². The molecule has 12 rings (SSSR count). The number of halogens is 1. The molecule has 0 aliphatic carbocycles. The summed E-state index contributed by atoms with van der Waals surface area (Å²) >= 11 is 0. The van der Waals surface area contributed by atoms with Crippen molar-refractivity contribution in [2.24, 2.45) is 0 Å². The zero-order valence-corrected chi connectivity index (χ0v) is 93.2. The Kier molecular flexibility index (Phi) is 55.1. The maximum atomic E-state index is 13.6. The van der Waals surface area contributed by atoms with Crippen LogP contribution in [0.25, 0.3) is 0 Å². The van der Waals surface area contributed by atoms with E-state index in [1.165, 1.54) is 82.1 Å². The summed E-state index contributed by atoms with van der Waals surface area (Å²) < 4.78 is 111. The third-order valence-corrected chi connectivity index (χ3v) is 29.5. The van der Waals surface area contributed by atoms with E-state index in [0.717, 1.165) is 111 Å². The third-order valence-electron chi connectivity index (χ3n) is 20.8. The Hall–Kier alpha value is -9.73. The normalized spacial score (nSPS) is 11.4. The molecule has 0 fully saturated rings. The number of hydrogen-bond acceptors (Lipinski definition) is 24. The standard InChI is InChI=1S/C20H28NO2P.C19H26NO2P.C18H23FNO4P.C18H24NO4P.2C18H24NO3P/c1-15-9-8-12-18(19(15)23-14-22-5)24-17-11-7-6-10-16(17)13-21-20(2,3)4;1-19(2,3)20-13-15-9-5-7-11-17(15)23-18-12-8-6-10-16(18)22-14-21-4;1-20-10-12-7-13(19)5-6-16(12)25-17-9-14(22-3)8-15(23-4)18(17)24-11-21-2;1-19-11-13-7-5-6-8-16(13)24-17-10-14(21-3)9-15(22-4)18(17)23-12-20-2;1-13-5-8-17(14(9-13)11-19-2)23-18-10-15(21-4)6-7-16(18)22-12-20-3;1-13-7-5-8-14(11-19-2)18(13)23-16-10-6-9-15(21-4)17(16)22-12-20-3/h6-12,21,24H,13-14H2,1-5H3;5-12,20,23H,13-14H2,1-4H3;5-9,20,25H,10-11H2,1-4H3;5-10,19,24H,11-12H2,1-4H3;2*5-10,19,23H,11-12H2,1-4H3. The molecule has 6 unspecified atom stereocenters. The number of aryl methyl sites for hydroxylation is 3. The van der Waals surface area contributed by atoms with E-state index in [4.69, 9.17) is 85.3 Å². The van der Waals surface area contributed by atoms with Crippen molar-refractivity contribution in [2.45, 2.75) is 113 Å². The molecular weight excluding hydrogens is 1910 g/mol. The molecule has 31 heteroatoms. The van der Waals surface area contributed by atoms with E-state index < -0.39 is 0 Å². The second-order valence-electron chi connectivity index (χ2n) is 34.0. The number of rotatable bonds is 48. The number of para-hydroxylation sites is 3. The van der Waals surface area contributed by atoms with Gasteiger partial charge in [0, 0.05) is 137 Å². The molecule has 0 saturated carbocycles. The first-order chi connectivity index (χ1) is 68.6. The Morgan fingerprint density at radius 1 is 0.246 bits per heavy atom. The van der Waals surface area contributed by atoms with Crippen molar-refractivity contribution >= 4 is 115 Å². The Bertz CT molecular complexity index is 5740. The van der Waals surface area contributed by atoms with Gasteiger partial charge in [-0.1, -0.05) is 221 Å². The summed E-state index contributed by atoms with van der Waals surface area (Å²) in [6.45, 7) is 25.6. The van der Waals surface area contributed by atoms with Gasteiger partial charge in [0.25, 0.3) is 0 Å². The molecule has 0 spiro atoms. The van der Waals surface area contributed by atoms with Gasteiger partial charge >= 0.3 is 0 Å². The highest BCUT2D eigenvalue weighted by Gasteiger charge is 2.23. The first kappa shape index (κ1) is 119. The van der Waals surface area contributed by atoms with Crippen molar-refractivity contribution in [3.63, 3.8) is 0 Å². The Morgan fingerprint density at radius 2 is 0.585 bits per heavy atom. The second-order valence-corrected chi connectivity index (χ2v) is 41.9. The fourth-order valence-electron chi connectivity index (χ4n) is 13.9. The van der Waals surface area contributed by atoms with Crippen molar-refractivity contribution in [1.82, 2.24) is 31.9 Å². The van der Waals surface area contributed by atoms with E-state index in [9.17, 15) is 4.39 Å². The largest absolute Gasteiger partial charge is 0.497 e. The lowest BCUT2D eigenvalue weighted by molar-refractivity contribution is 0.0498. The molecule has 142 heavy (non-hydrogen) atoms. The molecule has 6 N–H and O–H groups in total. The van der Waals surface area contributed by atoms with Gasteiger partial charge in [-0.3, -0.25) is 0 Å². The van der Waals surface area contributed by atoms with Crippen LogP contribution < -0.4 is 152 Å². The number of hydrogen-bond donors (Lipinski definition) is 6. The van der Waals surface area contributed by atoms with E-state index in [0.29, 0.717) is 78.2 Å². The van der Waals surface area contributed by atoms with Gasteiger partial charge in [0.1, 0.15) is 40.3 Å². The van der Waals surface area contributed by atoms with E-state index in [1.54, 1.807) is 104 Å².